The zero-order valence-electron chi connectivity index (χ0n) is 9.25. The van der Waals surface area contributed by atoms with E-state index in [4.69, 9.17) is 14.9 Å². The van der Waals surface area contributed by atoms with Crippen molar-refractivity contribution in [2.75, 3.05) is 0 Å². The van der Waals surface area contributed by atoms with Gasteiger partial charge >= 0.3 is 5.97 Å². The Morgan fingerprint density at radius 3 is 2.50 bits per heavy atom. The molecule has 0 radical (unpaired) electrons. The van der Waals surface area contributed by atoms with Crippen LogP contribution in [-0.2, 0) is 9.53 Å². The smallest absolute Gasteiger partial charge is 0.339 e. The fourth-order valence-electron chi connectivity index (χ4n) is 1.28. The van der Waals surface area contributed by atoms with Crippen molar-refractivity contribution in [1.29, 1.82) is 0 Å². The van der Waals surface area contributed by atoms with E-state index in [0.717, 1.165) is 0 Å². The van der Waals surface area contributed by atoms with Crippen LogP contribution < -0.4 is 0 Å². The molecule has 16 heavy (non-hydrogen) atoms. The lowest BCUT2D eigenvalue weighted by Gasteiger charge is -2.08. The zero-order valence-corrected chi connectivity index (χ0v) is 9.25. The molecule has 1 heterocycles. The predicted molar refractivity (Wildman–Crippen MR) is 56.2 cm³/mol. The van der Waals surface area contributed by atoms with Gasteiger partial charge in [0, 0.05) is 12.0 Å². The monoisotopic (exact) mass is 228 g/mol. The number of hydrogen-bond acceptors (Lipinski definition) is 5. The highest BCUT2D eigenvalue weighted by Gasteiger charge is 2.23. The molecule has 0 aliphatic carbocycles. The molecule has 5 heteroatoms. The second-order valence-electron chi connectivity index (χ2n) is 3.91. The fraction of sp³-hybridized carbons (Fsp3) is 0.545. The van der Waals surface area contributed by atoms with Crippen LogP contribution in [0.3, 0.4) is 0 Å². The summed E-state index contributed by atoms with van der Waals surface area (Å²) in [5, 5.41) is 27.5. The molecule has 0 aromatic rings. The summed E-state index contributed by atoms with van der Waals surface area (Å²) in [6, 6.07) is 0. The lowest BCUT2D eigenvalue weighted by Crippen LogP contribution is -2.20. The molecule has 3 atom stereocenters. The first-order chi connectivity index (χ1) is 7.40. The van der Waals surface area contributed by atoms with Crippen LogP contribution in [0.5, 0.6) is 0 Å². The van der Waals surface area contributed by atoms with E-state index in [-0.39, 0.29) is 12.2 Å². The number of carbonyl (C=O) groups excluding carboxylic acids is 1. The first-order valence-electron chi connectivity index (χ1n) is 5.09. The van der Waals surface area contributed by atoms with E-state index >= 15 is 0 Å². The Balaban J connectivity index is 2.73. The summed E-state index contributed by atoms with van der Waals surface area (Å²) in [6.45, 7) is 3.00. The SMILES string of the molecule is C[C@H](O)CC1=C/C(=C\[C@@H](O)[C@@H](C)O)OC1=O. The van der Waals surface area contributed by atoms with Crippen molar-refractivity contribution in [3.8, 4) is 0 Å². The van der Waals surface area contributed by atoms with Crippen molar-refractivity contribution in [2.45, 2.75) is 38.6 Å². The van der Waals surface area contributed by atoms with Gasteiger partial charge < -0.3 is 20.1 Å². The highest BCUT2D eigenvalue weighted by atomic mass is 16.5. The van der Waals surface area contributed by atoms with E-state index in [1.807, 2.05) is 0 Å². The summed E-state index contributed by atoms with van der Waals surface area (Å²) in [5.74, 6) is -0.320. The van der Waals surface area contributed by atoms with Gasteiger partial charge in [-0.25, -0.2) is 4.79 Å². The van der Waals surface area contributed by atoms with E-state index in [1.165, 1.54) is 19.1 Å². The minimum Gasteiger partial charge on any atom is -0.423 e. The molecule has 0 bridgehead atoms. The molecule has 5 nitrogen and oxygen atoms in total. The highest BCUT2D eigenvalue weighted by molar-refractivity contribution is 5.92. The predicted octanol–water partition coefficient (Wildman–Crippen LogP) is -0.134. The molecule has 0 fully saturated rings. The second kappa shape index (κ2) is 5.25. The molecule has 0 saturated heterocycles. The van der Waals surface area contributed by atoms with Crippen LogP contribution >= 0.6 is 0 Å². The van der Waals surface area contributed by atoms with Crippen molar-refractivity contribution in [3.05, 3.63) is 23.5 Å². The van der Waals surface area contributed by atoms with Crippen molar-refractivity contribution >= 4 is 5.97 Å². The van der Waals surface area contributed by atoms with Crippen LogP contribution in [0.15, 0.2) is 23.5 Å². The number of esters is 1. The Morgan fingerprint density at radius 1 is 1.38 bits per heavy atom. The third-order valence-electron chi connectivity index (χ3n) is 2.13. The Labute approximate surface area is 93.7 Å². The summed E-state index contributed by atoms with van der Waals surface area (Å²) in [4.78, 5) is 11.3. The summed E-state index contributed by atoms with van der Waals surface area (Å²) in [6.07, 6.45) is 0.296. The lowest BCUT2D eigenvalue weighted by atomic mass is 10.1. The van der Waals surface area contributed by atoms with Crippen molar-refractivity contribution < 1.29 is 24.9 Å². The molecule has 0 spiro atoms. The van der Waals surface area contributed by atoms with Gasteiger partial charge in [-0.05, 0) is 26.0 Å². The Morgan fingerprint density at radius 2 is 2.00 bits per heavy atom. The van der Waals surface area contributed by atoms with Crippen LogP contribution in [0.4, 0.5) is 0 Å². The van der Waals surface area contributed by atoms with Crippen LogP contribution in [0.2, 0.25) is 0 Å². The van der Waals surface area contributed by atoms with Gasteiger partial charge in [-0.15, -0.1) is 0 Å². The summed E-state index contributed by atoms with van der Waals surface area (Å²) >= 11 is 0. The Kier molecular flexibility index (Phi) is 4.23. The van der Waals surface area contributed by atoms with Crippen molar-refractivity contribution in [2.24, 2.45) is 0 Å². The first kappa shape index (κ1) is 12.9. The third-order valence-corrected chi connectivity index (χ3v) is 2.13. The molecule has 0 aromatic carbocycles. The van der Waals surface area contributed by atoms with E-state index in [2.05, 4.69) is 0 Å². The molecule has 1 rings (SSSR count). The number of hydrogen-bond donors (Lipinski definition) is 3. The largest absolute Gasteiger partial charge is 0.423 e. The zero-order chi connectivity index (χ0) is 12.3. The van der Waals surface area contributed by atoms with E-state index in [1.54, 1.807) is 6.92 Å². The van der Waals surface area contributed by atoms with Gasteiger partial charge in [0.1, 0.15) is 11.9 Å². The topological polar surface area (TPSA) is 87.0 Å². The van der Waals surface area contributed by atoms with E-state index < -0.39 is 24.3 Å². The normalized spacial score (nSPS) is 23.9. The number of carbonyl (C=O) groups is 1. The molecule has 0 saturated carbocycles. The number of rotatable bonds is 4. The average Bonchev–Trinajstić information content (AvgIpc) is 2.45. The van der Waals surface area contributed by atoms with Gasteiger partial charge in [-0.3, -0.25) is 0 Å². The van der Waals surface area contributed by atoms with Crippen LogP contribution in [-0.4, -0.2) is 39.6 Å². The van der Waals surface area contributed by atoms with E-state index in [9.17, 15) is 9.90 Å². The lowest BCUT2D eigenvalue weighted by molar-refractivity contribution is -0.133. The quantitative estimate of drug-likeness (QED) is 0.583. The number of aliphatic hydroxyl groups is 3. The van der Waals surface area contributed by atoms with Gasteiger partial charge in [0.15, 0.2) is 0 Å². The molecule has 0 unspecified atom stereocenters. The second-order valence-corrected chi connectivity index (χ2v) is 3.91. The van der Waals surface area contributed by atoms with Crippen LogP contribution in [0.1, 0.15) is 20.3 Å². The van der Waals surface area contributed by atoms with Crippen molar-refractivity contribution in [3.63, 3.8) is 0 Å². The molecule has 1 aliphatic rings. The Bertz CT molecular complexity index is 327. The maximum atomic E-state index is 11.3. The average molecular weight is 228 g/mol. The molecule has 0 aromatic heterocycles. The summed E-state index contributed by atoms with van der Waals surface area (Å²) in [5.41, 5.74) is 0.360. The van der Waals surface area contributed by atoms with Crippen molar-refractivity contribution in [1.82, 2.24) is 0 Å². The van der Waals surface area contributed by atoms with Crippen LogP contribution in [0.25, 0.3) is 0 Å². The number of ether oxygens (including phenoxy) is 1. The van der Waals surface area contributed by atoms with Gasteiger partial charge in [0.25, 0.3) is 0 Å². The minimum absolute atomic E-state index is 0.203. The molecule has 3 N–H and O–H groups in total. The minimum atomic E-state index is -1.08. The standard InChI is InChI=1S/C11H16O5/c1-6(12)3-8-4-9(16-11(8)15)5-10(14)7(2)13/h4-7,10,12-14H,3H2,1-2H3/b9-5+/t6-,7+,10+/m0/s1. The van der Waals surface area contributed by atoms with Gasteiger partial charge in [0.2, 0.25) is 0 Å². The maximum Gasteiger partial charge on any atom is 0.339 e. The fourth-order valence-corrected chi connectivity index (χ4v) is 1.28. The van der Waals surface area contributed by atoms with E-state index in [0.29, 0.717) is 5.57 Å². The number of cyclic esters (lactones) is 1. The molecular formula is C11H16O5. The third kappa shape index (κ3) is 3.44. The molecule has 90 valence electrons. The summed E-state index contributed by atoms with van der Waals surface area (Å²) in [7, 11) is 0. The van der Waals surface area contributed by atoms with Gasteiger partial charge in [-0.2, -0.15) is 0 Å². The highest BCUT2D eigenvalue weighted by Crippen LogP contribution is 2.21. The molecular weight excluding hydrogens is 212 g/mol. The number of aliphatic hydroxyl groups excluding tert-OH is 3. The first-order valence-corrected chi connectivity index (χ1v) is 5.09. The molecule has 1 aliphatic heterocycles. The molecule has 0 amide bonds. The van der Waals surface area contributed by atoms with Gasteiger partial charge in [0.05, 0.1) is 12.2 Å². The van der Waals surface area contributed by atoms with Crippen LogP contribution in [0, 0.1) is 0 Å². The maximum absolute atomic E-state index is 11.3. The summed E-state index contributed by atoms with van der Waals surface area (Å²) < 4.78 is 4.84. The van der Waals surface area contributed by atoms with Gasteiger partial charge in [-0.1, -0.05) is 0 Å². The number of allylic oxidation sites excluding steroid dienone is 1. The Hall–Kier alpha value is -1.17.